The van der Waals surface area contributed by atoms with Crippen LogP contribution in [0.25, 0.3) is 0 Å². The van der Waals surface area contributed by atoms with Crippen LogP contribution in [-0.4, -0.2) is 12.6 Å². The van der Waals surface area contributed by atoms with Crippen molar-refractivity contribution in [2.24, 2.45) is 0 Å². The maximum absolute atomic E-state index is 11.6. The van der Waals surface area contributed by atoms with Gasteiger partial charge in [0, 0.05) is 0 Å². The van der Waals surface area contributed by atoms with Crippen LogP contribution in [0.1, 0.15) is 120 Å². The average molecular weight is 365 g/mol. The Hall–Kier alpha value is -1.25. The molecule has 150 valence electrons. The van der Waals surface area contributed by atoms with Crippen LogP contribution in [0.5, 0.6) is 0 Å². The molecule has 1 heterocycles. The van der Waals surface area contributed by atoms with Crippen LogP contribution in [0.15, 0.2) is 22.8 Å². The summed E-state index contributed by atoms with van der Waals surface area (Å²) in [5.74, 6) is -0.0579. The molecule has 3 nitrogen and oxygen atoms in total. The molecule has 1 rings (SSSR count). The van der Waals surface area contributed by atoms with E-state index in [2.05, 4.69) is 6.92 Å². The van der Waals surface area contributed by atoms with Gasteiger partial charge in [-0.1, -0.05) is 103 Å². The van der Waals surface area contributed by atoms with E-state index in [9.17, 15) is 4.79 Å². The molecule has 0 N–H and O–H groups in total. The number of ether oxygens (including phenoxy) is 1. The van der Waals surface area contributed by atoms with Crippen LogP contribution in [0.3, 0.4) is 0 Å². The minimum atomic E-state index is -0.351. The highest BCUT2D eigenvalue weighted by molar-refractivity contribution is 5.86. The molecule has 0 saturated carbocycles. The second kappa shape index (κ2) is 17.2. The Bertz CT molecular complexity index is 411. The van der Waals surface area contributed by atoms with Gasteiger partial charge < -0.3 is 9.15 Å². The molecule has 0 saturated heterocycles. The third kappa shape index (κ3) is 13.0. The summed E-state index contributed by atoms with van der Waals surface area (Å²) >= 11 is 0. The van der Waals surface area contributed by atoms with Crippen molar-refractivity contribution in [1.82, 2.24) is 0 Å². The molecule has 0 bridgehead atoms. The summed E-state index contributed by atoms with van der Waals surface area (Å²) in [5.41, 5.74) is 0. The van der Waals surface area contributed by atoms with Gasteiger partial charge >= 0.3 is 5.97 Å². The summed E-state index contributed by atoms with van der Waals surface area (Å²) in [5, 5.41) is 0. The van der Waals surface area contributed by atoms with Crippen LogP contribution >= 0.6 is 0 Å². The SMILES string of the molecule is CCCCCCCCCCCCCCCCCCOC(=O)c1ccco1. The Labute approximate surface area is 160 Å². The van der Waals surface area contributed by atoms with Gasteiger partial charge in [-0.3, -0.25) is 0 Å². The molecular weight excluding hydrogens is 324 g/mol. The van der Waals surface area contributed by atoms with E-state index >= 15 is 0 Å². The van der Waals surface area contributed by atoms with E-state index in [1.807, 2.05) is 0 Å². The first-order valence-corrected chi connectivity index (χ1v) is 11.0. The number of carbonyl (C=O) groups is 1. The van der Waals surface area contributed by atoms with Crippen LogP contribution < -0.4 is 0 Å². The van der Waals surface area contributed by atoms with Gasteiger partial charge in [-0.05, 0) is 18.6 Å². The average Bonchev–Trinajstić information content (AvgIpc) is 3.19. The van der Waals surface area contributed by atoms with Gasteiger partial charge in [-0.25, -0.2) is 4.79 Å². The van der Waals surface area contributed by atoms with Crippen molar-refractivity contribution in [3.8, 4) is 0 Å². The third-order valence-electron chi connectivity index (χ3n) is 4.95. The molecule has 0 unspecified atom stereocenters. The molecule has 0 amide bonds. The second-order valence-electron chi connectivity index (χ2n) is 7.42. The number of carbonyl (C=O) groups excluding carboxylic acids is 1. The smallest absolute Gasteiger partial charge is 0.374 e. The number of esters is 1. The summed E-state index contributed by atoms with van der Waals surface area (Å²) in [6.07, 6.45) is 23.1. The lowest BCUT2D eigenvalue weighted by atomic mass is 10.0. The van der Waals surface area contributed by atoms with Crippen LogP contribution in [-0.2, 0) is 4.74 Å². The highest BCUT2D eigenvalue weighted by atomic mass is 16.5. The summed E-state index contributed by atoms with van der Waals surface area (Å²) in [4.78, 5) is 11.6. The fraction of sp³-hybridized carbons (Fsp3) is 0.783. The van der Waals surface area contributed by atoms with E-state index in [0.717, 1.165) is 12.8 Å². The predicted octanol–water partition coefficient (Wildman–Crippen LogP) is 7.70. The maximum atomic E-state index is 11.6. The topological polar surface area (TPSA) is 39.4 Å². The lowest BCUT2D eigenvalue weighted by molar-refractivity contribution is 0.0461. The lowest BCUT2D eigenvalue weighted by Crippen LogP contribution is -2.05. The van der Waals surface area contributed by atoms with Crippen LogP contribution in [0, 0.1) is 0 Å². The highest BCUT2D eigenvalue weighted by Gasteiger charge is 2.08. The van der Waals surface area contributed by atoms with Gasteiger partial charge in [-0.2, -0.15) is 0 Å². The van der Waals surface area contributed by atoms with Crippen molar-refractivity contribution in [2.45, 2.75) is 110 Å². The Kier molecular flexibility index (Phi) is 15.1. The zero-order chi connectivity index (χ0) is 18.7. The molecular formula is C23H40O3. The van der Waals surface area contributed by atoms with Crippen molar-refractivity contribution in [3.63, 3.8) is 0 Å². The first kappa shape index (κ1) is 22.8. The number of hydrogen-bond acceptors (Lipinski definition) is 3. The van der Waals surface area contributed by atoms with Crippen molar-refractivity contribution in [2.75, 3.05) is 6.61 Å². The molecule has 0 spiro atoms. The number of rotatable bonds is 18. The molecule has 0 aliphatic heterocycles. The Morgan fingerprint density at radius 3 is 1.65 bits per heavy atom. The van der Waals surface area contributed by atoms with Crippen LogP contribution in [0.2, 0.25) is 0 Å². The van der Waals surface area contributed by atoms with Crippen molar-refractivity contribution in [1.29, 1.82) is 0 Å². The van der Waals surface area contributed by atoms with Gasteiger partial charge in [0.25, 0.3) is 0 Å². The summed E-state index contributed by atoms with van der Waals surface area (Å²) in [7, 11) is 0. The summed E-state index contributed by atoms with van der Waals surface area (Å²) < 4.78 is 10.2. The maximum Gasteiger partial charge on any atom is 0.374 e. The van der Waals surface area contributed by atoms with Gasteiger partial charge in [0.15, 0.2) is 0 Å². The first-order valence-electron chi connectivity index (χ1n) is 11.0. The van der Waals surface area contributed by atoms with Gasteiger partial charge in [0.1, 0.15) is 0 Å². The molecule has 0 radical (unpaired) electrons. The van der Waals surface area contributed by atoms with Crippen molar-refractivity contribution < 1.29 is 13.9 Å². The fourth-order valence-corrected chi connectivity index (χ4v) is 3.28. The molecule has 0 aromatic carbocycles. The van der Waals surface area contributed by atoms with Crippen LogP contribution in [0.4, 0.5) is 0 Å². The normalized spacial score (nSPS) is 11.0. The zero-order valence-electron chi connectivity index (χ0n) is 17.0. The van der Waals surface area contributed by atoms with E-state index in [4.69, 9.17) is 9.15 Å². The van der Waals surface area contributed by atoms with E-state index in [0.29, 0.717) is 12.4 Å². The predicted molar refractivity (Wildman–Crippen MR) is 109 cm³/mol. The molecule has 0 aliphatic rings. The van der Waals surface area contributed by atoms with Gasteiger partial charge in [0.2, 0.25) is 5.76 Å². The Morgan fingerprint density at radius 1 is 0.769 bits per heavy atom. The molecule has 0 atom stereocenters. The molecule has 0 fully saturated rings. The minimum absolute atomic E-state index is 0.293. The van der Waals surface area contributed by atoms with Crippen molar-refractivity contribution in [3.05, 3.63) is 24.2 Å². The second-order valence-corrected chi connectivity index (χ2v) is 7.42. The standard InChI is InChI=1S/C23H40O3/c1-2-3-4-5-6-7-8-9-10-11-12-13-14-15-16-17-20-26-23(24)22-19-18-21-25-22/h18-19,21H,2-17,20H2,1H3. The highest BCUT2D eigenvalue weighted by Crippen LogP contribution is 2.13. The quantitative estimate of drug-likeness (QED) is 0.198. The zero-order valence-corrected chi connectivity index (χ0v) is 17.0. The minimum Gasteiger partial charge on any atom is -0.460 e. The van der Waals surface area contributed by atoms with Crippen molar-refractivity contribution >= 4 is 5.97 Å². The number of furan rings is 1. The lowest BCUT2D eigenvalue weighted by Gasteiger charge is -2.04. The van der Waals surface area contributed by atoms with E-state index in [1.54, 1.807) is 12.1 Å². The van der Waals surface area contributed by atoms with E-state index in [1.165, 1.54) is 96.2 Å². The summed E-state index contributed by atoms with van der Waals surface area (Å²) in [6, 6.07) is 3.33. The Morgan fingerprint density at radius 2 is 1.23 bits per heavy atom. The van der Waals surface area contributed by atoms with E-state index < -0.39 is 0 Å². The monoisotopic (exact) mass is 364 g/mol. The third-order valence-corrected chi connectivity index (χ3v) is 4.95. The molecule has 1 aromatic rings. The molecule has 1 aromatic heterocycles. The Balaban J connectivity index is 1.71. The molecule has 0 aliphatic carbocycles. The fourth-order valence-electron chi connectivity index (χ4n) is 3.28. The first-order chi connectivity index (χ1) is 12.8. The molecule has 26 heavy (non-hydrogen) atoms. The summed E-state index contributed by atoms with van der Waals surface area (Å²) in [6.45, 7) is 2.78. The van der Waals surface area contributed by atoms with E-state index in [-0.39, 0.29) is 5.97 Å². The van der Waals surface area contributed by atoms with Gasteiger partial charge in [0.05, 0.1) is 12.9 Å². The number of unbranched alkanes of at least 4 members (excludes halogenated alkanes) is 15. The molecule has 3 heteroatoms. The van der Waals surface area contributed by atoms with Gasteiger partial charge in [-0.15, -0.1) is 0 Å². The number of hydrogen-bond donors (Lipinski definition) is 0. The largest absolute Gasteiger partial charge is 0.460 e.